The van der Waals surface area contributed by atoms with Crippen LogP contribution in [0.15, 0.2) is 0 Å². The molecular formula is C16H31N. The SMILES string of the molecule is CCC1CC2NCC1C(C(CC)CC)CC2C. The number of fused-ring (bicyclic) bond motifs is 4. The second kappa shape index (κ2) is 5.73. The quantitative estimate of drug-likeness (QED) is 0.777. The normalized spacial score (nSPS) is 41.8. The van der Waals surface area contributed by atoms with Crippen LogP contribution in [0.5, 0.6) is 0 Å². The molecule has 3 rings (SSSR count). The fraction of sp³-hybridized carbons (Fsp3) is 1.00. The lowest BCUT2D eigenvalue weighted by molar-refractivity contribution is 0.130. The van der Waals surface area contributed by atoms with Gasteiger partial charge < -0.3 is 5.32 Å². The van der Waals surface area contributed by atoms with Crippen molar-refractivity contribution in [3.05, 3.63) is 0 Å². The van der Waals surface area contributed by atoms with Crippen LogP contribution in [0, 0.1) is 29.6 Å². The van der Waals surface area contributed by atoms with Crippen LogP contribution in [0.25, 0.3) is 0 Å². The van der Waals surface area contributed by atoms with Crippen molar-refractivity contribution in [2.24, 2.45) is 29.6 Å². The summed E-state index contributed by atoms with van der Waals surface area (Å²) >= 11 is 0. The number of piperidine rings is 1. The van der Waals surface area contributed by atoms with E-state index in [1.807, 2.05) is 0 Å². The Balaban J connectivity index is 2.18. The van der Waals surface area contributed by atoms with Crippen molar-refractivity contribution < 1.29 is 0 Å². The minimum atomic E-state index is 0.815. The molecule has 100 valence electrons. The van der Waals surface area contributed by atoms with Gasteiger partial charge in [-0.2, -0.15) is 0 Å². The Labute approximate surface area is 108 Å². The van der Waals surface area contributed by atoms with Crippen molar-refractivity contribution in [1.29, 1.82) is 0 Å². The Hall–Kier alpha value is -0.0400. The maximum Gasteiger partial charge on any atom is 0.00956 e. The van der Waals surface area contributed by atoms with Crippen LogP contribution in [0.2, 0.25) is 0 Å². The second-order valence-corrected chi connectivity index (χ2v) is 6.54. The third-order valence-corrected chi connectivity index (χ3v) is 5.84. The summed E-state index contributed by atoms with van der Waals surface area (Å²) in [6.45, 7) is 11.0. The van der Waals surface area contributed by atoms with Crippen molar-refractivity contribution in [3.8, 4) is 0 Å². The summed E-state index contributed by atoms with van der Waals surface area (Å²) in [5.74, 6) is 4.81. The first-order valence-electron chi connectivity index (χ1n) is 7.94. The predicted octanol–water partition coefficient (Wildman–Crippen LogP) is 4.08. The molecule has 5 atom stereocenters. The molecule has 0 aromatic carbocycles. The molecule has 1 heteroatoms. The highest BCUT2D eigenvalue weighted by Gasteiger charge is 2.42. The van der Waals surface area contributed by atoms with E-state index in [0.29, 0.717) is 0 Å². The highest BCUT2D eigenvalue weighted by atomic mass is 15.0. The molecule has 1 N–H and O–H groups in total. The molecule has 5 unspecified atom stereocenters. The minimum Gasteiger partial charge on any atom is -0.313 e. The van der Waals surface area contributed by atoms with E-state index in [-0.39, 0.29) is 0 Å². The van der Waals surface area contributed by atoms with E-state index in [1.165, 1.54) is 38.6 Å². The van der Waals surface area contributed by atoms with Crippen LogP contribution in [0.1, 0.15) is 59.8 Å². The standard InChI is InChI=1S/C16H31N/c1-5-12(6-2)14-8-11(4)16-9-13(7-3)15(14)10-17-16/h11-17H,5-10H2,1-4H3. The van der Waals surface area contributed by atoms with Crippen LogP contribution < -0.4 is 5.32 Å². The predicted molar refractivity (Wildman–Crippen MR) is 75.0 cm³/mol. The topological polar surface area (TPSA) is 12.0 Å². The van der Waals surface area contributed by atoms with Crippen LogP contribution in [-0.2, 0) is 0 Å². The summed E-state index contributed by atoms with van der Waals surface area (Å²) in [6, 6.07) is 0.815. The highest BCUT2D eigenvalue weighted by Crippen LogP contribution is 2.45. The average Bonchev–Trinajstić information content (AvgIpc) is 2.59. The van der Waals surface area contributed by atoms with Gasteiger partial charge in [0.2, 0.25) is 0 Å². The van der Waals surface area contributed by atoms with Crippen molar-refractivity contribution in [3.63, 3.8) is 0 Å². The third-order valence-electron chi connectivity index (χ3n) is 5.84. The van der Waals surface area contributed by atoms with Crippen molar-refractivity contribution in [2.75, 3.05) is 6.54 Å². The first kappa shape index (κ1) is 13.4. The molecule has 2 bridgehead atoms. The molecule has 1 aliphatic carbocycles. The van der Waals surface area contributed by atoms with E-state index in [0.717, 1.165) is 35.6 Å². The summed E-state index contributed by atoms with van der Waals surface area (Å²) in [5.41, 5.74) is 0. The number of rotatable bonds is 4. The molecule has 0 spiro atoms. The van der Waals surface area contributed by atoms with Gasteiger partial charge in [0.25, 0.3) is 0 Å². The van der Waals surface area contributed by atoms with Gasteiger partial charge in [0.1, 0.15) is 0 Å². The molecule has 0 aromatic heterocycles. The van der Waals surface area contributed by atoms with Gasteiger partial charge in [0.15, 0.2) is 0 Å². The van der Waals surface area contributed by atoms with E-state index in [1.54, 1.807) is 0 Å². The summed E-state index contributed by atoms with van der Waals surface area (Å²) in [6.07, 6.45) is 7.08. The maximum absolute atomic E-state index is 3.83. The Morgan fingerprint density at radius 1 is 1.12 bits per heavy atom. The van der Waals surface area contributed by atoms with E-state index in [9.17, 15) is 0 Å². The number of hydrogen-bond acceptors (Lipinski definition) is 1. The van der Waals surface area contributed by atoms with E-state index < -0.39 is 0 Å². The lowest BCUT2D eigenvalue weighted by atomic mass is 9.70. The molecule has 17 heavy (non-hydrogen) atoms. The Bertz CT molecular complexity index is 234. The lowest BCUT2D eigenvalue weighted by Crippen LogP contribution is -2.45. The molecule has 3 fully saturated rings. The van der Waals surface area contributed by atoms with E-state index >= 15 is 0 Å². The second-order valence-electron chi connectivity index (χ2n) is 6.54. The Morgan fingerprint density at radius 2 is 1.82 bits per heavy atom. The van der Waals surface area contributed by atoms with Crippen molar-refractivity contribution in [2.45, 2.75) is 65.8 Å². The van der Waals surface area contributed by atoms with Crippen LogP contribution in [0.3, 0.4) is 0 Å². The van der Waals surface area contributed by atoms with Crippen LogP contribution in [0.4, 0.5) is 0 Å². The van der Waals surface area contributed by atoms with Gasteiger partial charge in [-0.25, -0.2) is 0 Å². The molecular weight excluding hydrogens is 206 g/mol. The Morgan fingerprint density at radius 3 is 2.41 bits per heavy atom. The van der Waals surface area contributed by atoms with Gasteiger partial charge >= 0.3 is 0 Å². The number of hydrogen-bond donors (Lipinski definition) is 1. The molecule has 2 heterocycles. The zero-order valence-electron chi connectivity index (χ0n) is 12.2. The van der Waals surface area contributed by atoms with Gasteiger partial charge in [-0.1, -0.05) is 47.0 Å². The third kappa shape index (κ3) is 2.54. The van der Waals surface area contributed by atoms with Crippen LogP contribution >= 0.6 is 0 Å². The van der Waals surface area contributed by atoms with Gasteiger partial charge in [-0.15, -0.1) is 0 Å². The van der Waals surface area contributed by atoms with E-state index in [2.05, 4.69) is 33.0 Å². The lowest BCUT2D eigenvalue weighted by Gasteiger charge is -2.39. The highest BCUT2D eigenvalue weighted by molar-refractivity contribution is 4.96. The minimum absolute atomic E-state index is 0.815. The summed E-state index contributed by atoms with van der Waals surface area (Å²) in [5, 5.41) is 3.83. The molecule has 0 amide bonds. The van der Waals surface area contributed by atoms with Crippen molar-refractivity contribution in [1.82, 2.24) is 5.32 Å². The maximum atomic E-state index is 3.83. The molecule has 1 nitrogen and oxygen atoms in total. The summed E-state index contributed by atoms with van der Waals surface area (Å²) in [7, 11) is 0. The molecule has 2 aliphatic heterocycles. The zero-order chi connectivity index (χ0) is 12.4. The fourth-order valence-corrected chi connectivity index (χ4v) is 4.65. The zero-order valence-corrected chi connectivity index (χ0v) is 12.2. The number of nitrogens with one attached hydrogen (secondary N) is 1. The largest absolute Gasteiger partial charge is 0.313 e. The Kier molecular flexibility index (Phi) is 4.52. The summed E-state index contributed by atoms with van der Waals surface area (Å²) < 4.78 is 0. The van der Waals surface area contributed by atoms with Gasteiger partial charge in [-0.3, -0.25) is 0 Å². The van der Waals surface area contributed by atoms with Crippen molar-refractivity contribution >= 4 is 0 Å². The smallest absolute Gasteiger partial charge is 0.00956 e. The average molecular weight is 237 g/mol. The monoisotopic (exact) mass is 237 g/mol. The van der Waals surface area contributed by atoms with E-state index in [4.69, 9.17) is 0 Å². The van der Waals surface area contributed by atoms with Gasteiger partial charge in [0.05, 0.1) is 0 Å². The molecule has 2 saturated heterocycles. The first-order valence-corrected chi connectivity index (χ1v) is 7.94. The molecule has 1 saturated carbocycles. The molecule has 0 aromatic rings. The molecule has 3 aliphatic rings. The van der Waals surface area contributed by atoms with Gasteiger partial charge in [-0.05, 0) is 49.0 Å². The fourth-order valence-electron chi connectivity index (χ4n) is 4.65. The summed E-state index contributed by atoms with van der Waals surface area (Å²) in [4.78, 5) is 0. The van der Waals surface area contributed by atoms with Crippen LogP contribution in [-0.4, -0.2) is 12.6 Å². The van der Waals surface area contributed by atoms with Gasteiger partial charge in [0, 0.05) is 6.04 Å². The first-order chi connectivity index (χ1) is 8.21. The molecule has 0 radical (unpaired) electrons.